The molecule has 1 heterocycles. The second kappa shape index (κ2) is 6.18. The van der Waals surface area contributed by atoms with Crippen molar-refractivity contribution >= 4 is 26.6 Å². The van der Waals surface area contributed by atoms with Gasteiger partial charge in [0, 0.05) is 29.4 Å². The Hall–Kier alpha value is -2.51. The van der Waals surface area contributed by atoms with E-state index in [1.54, 1.807) is 24.4 Å². The van der Waals surface area contributed by atoms with Crippen molar-refractivity contribution in [3.63, 3.8) is 0 Å². The van der Waals surface area contributed by atoms with Crippen LogP contribution in [0.25, 0.3) is 10.9 Å². The molecule has 3 rings (SSSR count). The molecule has 0 amide bonds. The highest BCUT2D eigenvalue weighted by molar-refractivity contribution is 7.89. The molecule has 1 aromatic heterocycles. The van der Waals surface area contributed by atoms with Gasteiger partial charge in [-0.1, -0.05) is 12.1 Å². The molecule has 2 aromatic carbocycles. The summed E-state index contributed by atoms with van der Waals surface area (Å²) in [6.45, 7) is 1.90. The number of primary sulfonamides is 1. The minimum atomic E-state index is -3.75. The largest absolute Gasteiger partial charge is 0.378 e. The summed E-state index contributed by atoms with van der Waals surface area (Å²) < 4.78 is 36.3. The number of nitrogens with two attached hydrogens (primary N) is 1. The van der Waals surface area contributed by atoms with E-state index < -0.39 is 10.0 Å². The highest BCUT2D eigenvalue weighted by Crippen LogP contribution is 2.27. The van der Waals surface area contributed by atoms with Crippen molar-refractivity contribution in [2.45, 2.75) is 17.9 Å². The number of anilines is 1. The standard InChI is InChI=1S/C17H16FN3O2S/c1-11(12-3-2-4-14(9-12)24(19,22)23)21-16-7-8-20-17-10-13(18)5-6-15(16)17/h2-11H,1H3,(H,20,21)(H2,19,22,23)/t11-/m0/s1. The molecule has 0 aliphatic rings. The molecule has 0 unspecified atom stereocenters. The molecule has 0 saturated heterocycles. The molecule has 3 aromatic rings. The quantitative estimate of drug-likeness (QED) is 0.760. The second-order valence-corrected chi connectivity index (χ2v) is 7.06. The third-order valence-electron chi connectivity index (χ3n) is 3.76. The van der Waals surface area contributed by atoms with Crippen molar-refractivity contribution in [2.75, 3.05) is 5.32 Å². The molecule has 0 saturated carbocycles. The number of fused-ring (bicyclic) bond motifs is 1. The van der Waals surface area contributed by atoms with Crippen LogP contribution in [0.15, 0.2) is 59.6 Å². The Morgan fingerprint density at radius 3 is 2.71 bits per heavy atom. The van der Waals surface area contributed by atoms with Gasteiger partial charge in [0.25, 0.3) is 0 Å². The Labute approximate surface area is 139 Å². The van der Waals surface area contributed by atoms with E-state index in [0.717, 1.165) is 16.6 Å². The summed E-state index contributed by atoms with van der Waals surface area (Å²) in [7, 11) is -3.75. The summed E-state index contributed by atoms with van der Waals surface area (Å²) in [4.78, 5) is 4.22. The number of hydrogen-bond acceptors (Lipinski definition) is 4. The zero-order valence-electron chi connectivity index (χ0n) is 12.9. The first kappa shape index (κ1) is 16.4. The summed E-state index contributed by atoms with van der Waals surface area (Å²) >= 11 is 0. The van der Waals surface area contributed by atoms with Gasteiger partial charge in [-0.2, -0.15) is 0 Å². The minimum absolute atomic E-state index is 0.0651. The van der Waals surface area contributed by atoms with Crippen LogP contribution >= 0.6 is 0 Å². The van der Waals surface area contributed by atoms with E-state index in [1.807, 2.05) is 13.0 Å². The molecule has 24 heavy (non-hydrogen) atoms. The molecular weight excluding hydrogens is 329 g/mol. The van der Waals surface area contributed by atoms with Crippen molar-refractivity contribution in [3.05, 3.63) is 66.1 Å². The summed E-state index contributed by atoms with van der Waals surface area (Å²) in [5, 5.41) is 9.26. The molecule has 1 atom stereocenters. The lowest BCUT2D eigenvalue weighted by molar-refractivity contribution is 0.597. The monoisotopic (exact) mass is 345 g/mol. The number of pyridine rings is 1. The normalized spacial score (nSPS) is 13.0. The number of benzene rings is 2. The fourth-order valence-electron chi connectivity index (χ4n) is 2.52. The summed E-state index contributed by atoms with van der Waals surface area (Å²) in [6.07, 6.45) is 1.59. The molecule has 0 spiro atoms. The van der Waals surface area contributed by atoms with Gasteiger partial charge in [0.2, 0.25) is 10.0 Å². The lowest BCUT2D eigenvalue weighted by Crippen LogP contribution is -2.13. The third-order valence-corrected chi connectivity index (χ3v) is 4.67. The maximum Gasteiger partial charge on any atom is 0.238 e. The molecule has 0 aliphatic heterocycles. The maximum atomic E-state index is 13.3. The number of aromatic nitrogens is 1. The van der Waals surface area contributed by atoms with Crippen molar-refractivity contribution in [1.29, 1.82) is 0 Å². The van der Waals surface area contributed by atoms with Gasteiger partial charge < -0.3 is 5.32 Å². The smallest absolute Gasteiger partial charge is 0.238 e. The van der Waals surface area contributed by atoms with Crippen LogP contribution in [-0.2, 0) is 10.0 Å². The van der Waals surface area contributed by atoms with E-state index in [0.29, 0.717) is 5.52 Å². The Bertz CT molecular complexity index is 1010. The zero-order valence-corrected chi connectivity index (χ0v) is 13.7. The lowest BCUT2D eigenvalue weighted by Gasteiger charge is -2.17. The van der Waals surface area contributed by atoms with Gasteiger partial charge in [-0.05, 0) is 42.8 Å². The molecule has 0 fully saturated rings. The van der Waals surface area contributed by atoms with Crippen molar-refractivity contribution in [2.24, 2.45) is 5.14 Å². The molecule has 5 nitrogen and oxygen atoms in total. The number of sulfonamides is 1. The summed E-state index contributed by atoms with van der Waals surface area (Å²) in [5.74, 6) is -0.346. The zero-order chi connectivity index (χ0) is 17.3. The van der Waals surface area contributed by atoms with Gasteiger partial charge in [-0.15, -0.1) is 0 Å². The Morgan fingerprint density at radius 1 is 1.17 bits per heavy atom. The molecule has 3 N–H and O–H groups in total. The number of rotatable bonds is 4. The first-order valence-corrected chi connectivity index (χ1v) is 8.83. The van der Waals surface area contributed by atoms with E-state index in [-0.39, 0.29) is 16.8 Å². The van der Waals surface area contributed by atoms with Crippen LogP contribution in [0, 0.1) is 5.82 Å². The van der Waals surface area contributed by atoms with Crippen LogP contribution < -0.4 is 10.5 Å². The Kier molecular flexibility index (Phi) is 4.21. The molecular formula is C17H16FN3O2S. The van der Waals surface area contributed by atoms with Gasteiger partial charge in [0.1, 0.15) is 5.82 Å². The van der Waals surface area contributed by atoms with E-state index in [4.69, 9.17) is 5.14 Å². The van der Waals surface area contributed by atoms with Crippen LogP contribution in [0.1, 0.15) is 18.5 Å². The summed E-state index contributed by atoms with van der Waals surface area (Å²) in [5.41, 5.74) is 2.10. The van der Waals surface area contributed by atoms with Gasteiger partial charge in [-0.25, -0.2) is 17.9 Å². The van der Waals surface area contributed by atoms with E-state index in [2.05, 4.69) is 10.3 Å². The number of nitrogens with one attached hydrogen (secondary N) is 1. The fourth-order valence-corrected chi connectivity index (χ4v) is 3.09. The number of nitrogens with zero attached hydrogens (tertiary/aromatic N) is 1. The van der Waals surface area contributed by atoms with Crippen molar-refractivity contribution < 1.29 is 12.8 Å². The summed E-state index contributed by atoms with van der Waals surface area (Å²) in [6, 6.07) is 12.5. The predicted octanol–water partition coefficient (Wildman–Crippen LogP) is 3.19. The van der Waals surface area contributed by atoms with Gasteiger partial charge in [0.05, 0.1) is 10.4 Å². The van der Waals surface area contributed by atoms with Crippen molar-refractivity contribution in [1.82, 2.24) is 4.98 Å². The van der Waals surface area contributed by atoms with E-state index in [1.165, 1.54) is 24.3 Å². The predicted molar refractivity (Wildman–Crippen MR) is 91.6 cm³/mol. The van der Waals surface area contributed by atoms with Crippen LogP contribution in [0.3, 0.4) is 0 Å². The highest BCUT2D eigenvalue weighted by Gasteiger charge is 2.13. The SMILES string of the molecule is C[C@H](Nc1ccnc2cc(F)ccc12)c1cccc(S(N)(=O)=O)c1. The fraction of sp³-hybridized carbons (Fsp3) is 0.118. The molecule has 0 radical (unpaired) electrons. The average molecular weight is 345 g/mol. The second-order valence-electron chi connectivity index (χ2n) is 5.50. The Balaban J connectivity index is 1.94. The van der Waals surface area contributed by atoms with Crippen LogP contribution in [0.4, 0.5) is 10.1 Å². The lowest BCUT2D eigenvalue weighted by atomic mass is 10.1. The first-order chi connectivity index (χ1) is 11.3. The number of hydrogen-bond donors (Lipinski definition) is 2. The molecule has 0 aliphatic carbocycles. The van der Waals surface area contributed by atoms with Crippen molar-refractivity contribution in [3.8, 4) is 0 Å². The molecule has 0 bridgehead atoms. The topological polar surface area (TPSA) is 85.1 Å². The average Bonchev–Trinajstić information content (AvgIpc) is 2.54. The maximum absolute atomic E-state index is 13.3. The van der Waals surface area contributed by atoms with Gasteiger partial charge >= 0.3 is 0 Å². The van der Waals surface area contributed by atoms with E-state index in [9.17, 15) is 12.8 Å². The molecule has 124 valence electrons. The Morgan fingerprint density at radius 2 is 1.96 bits per heavy atom. The van der Waals surface area contributed by atoms with Crippen LogP contribution in [0.2, 0.25) is 0 Å². The van der Waals surface area contributed by atoms with Gasteiger partial charge in [-0.3, -0.25) is 4.98 Å². The minimum Gasteiger partial charge on any atom is -0.378 e. The number of halogens is 1. The first-order valence-electron chi connectivity index (χ1n) is 7.28. The highest BCUT2D eigenvalue weighted by atomic mass is 32.2. The third kappa shape index (κ3) is 3.37. The van der Waals surface area contributed by atoms with E-state index >= 15 is 0 Å². The molecule has 7 heteroatoms. The van der Waals surface area contributed by atoms with Crippen LogP contribution in [0.5, 0.6) is 0 Å². The van der Waals surface area contributed by atoms with Gasteiger partial charge in [0.15, 0.2) is 0 Å². The van der Waals surface area contributed by atoms with Crippen LogP contribution in [-0.4, -0.2) is 13.4 Å².